The predicted molar refractivity (Wildman–Crippen MR) is 89.8 cm³/mol. The molecule has 1 aromatic carbocycles. The molecule has 3 nitrogen and oxygen atoms in total. The Morgan fingerprint density at radius 3 is 2.61 bits per heavy atom. The number of piperidine rings is 1. The number of nitrogens with one attached hydrogen (secondary N) is 1. The van der Waals surface area contributed by atoms with Crippen LogP contribution in [0.3, 0.4) is 0 Å². The number of hydrogen-bond donors (Lipinski definition) is 1. The van der Waals surface area contributed by atoms with Crippen LogP contribution in [0.2, 0.25) is 0 Å². The van der Waals surface area contributed by atoms with Crippen molar-refractivity contribution < 1.29 is 4.39 Å². The lowest BCUT2D eigenvalue weighted by atomic mass is 9.89. The second kappa shape index (κ2) is 6.44. The maximum atomic E-state index is 13.2. The highest BCUT2D eigenvalue weighted by Gasteiger charge is 2.30. The molecule has 1 aliphatic heterocycles. The molecule has 1 saturated carbocycles. The second-order valence-corrected chi connectivity index (χ2v) is 6.98. The van der Waals surface area contributed by atoms with Gasteiger partial charge in [-0.25, -0.2) is 4.39 Å². The highest BCUT2D eigenvalue weighted by Crippen LogP contribution is 2.35. The van der Waals surface area contributed by atoms with Crippen molar-refractivity contribution in [3.05, 3.63) is 42.0 Å². The van der Waals surface area contributed by atoms with E-state index in [0.29, 0.717) is 5.92 Å². The normalized spacial score (nSPS) is 23.4. The number of nitrogens with zero attached hydrogens (tertiary/aromatic N) is 2. The van der Waals surface area contributed by atoms with Crippen molar-refractivity contribution in [2.75, 3.05) is 13.1 Å². The van der Waals surface area contributed by atoms with Crippen LogP contribution in [0.5, 0.6) is 0 Å². The van der Waals surface area contributed by atoms with E-state index in [4.69, 9.17) is 0 Å². The quantitative estimate of drug-likeness (QED) is 0.914. The summed E-state index contributed by atoms with van der Waals surface area (Å²) in [4.78, 5) is 2.69. The SMILES string of the molecule is Fc1ccc(-c2cn[nH]c2[C@@H]2CCCN(C3CCCC3)C2)cc1. The van der Waals surface area contributed by atoms with Gasteiger partial charge in [-0.15, -0.1) is 0 Å². The van der Waals surface area contributed by atoms with E-state index >= 15 is 0 Å². The molecule has 0 bridgehead atoms. The van der Waals surface area contributed by atoms with Gasteiger partial charge in [0, 0.05) is 29.8 Å². The number of aromatic amines is 1. The van der Waals surface area contributed by atoms with Crippen LogP contribution in [0.1, 0.15) is 50.1 Å². The smallest absolute Gasteiger partial charge is 0.123 e. The lowest BCUT2D eigenvalue weighted by molar-refractivity contribution is 0.149. The summed E-state index contributed by atoms with van der Waals surface area (Å²) in [5.41, 5.74) is 3.40. The van der Waals surface area contributed by atoms with Crippen molar-refractivity contribution in [1.82, 2.24) is 15.1 Å². The van der Waals surface area contributed by atoms with Gasteiger partial charge in [0.15, 0.2) is 0 Å². The molecule has 1 atom stereocenters. The Morgan fingerprint density at radius 1 is 1.04 bits per heavy atom. The zero-order chi connectivity index (χ0) is 15.6. The molecule has 4 heteroatoms. The first kappa shape index (κ1) is 14.9. The molecule has 1 N–H and O–H groups in total. The van der Waals surface area contributed by atoms with Gasteiger partial charge in [-0.1, -0.05) is 25.0 Å². The van der Waals surface area contributed by atoms with Gasteiger partial charge in [-0.3, -0.25) is 10.00 Å². The van der Waals surface area contributed by atoms with Gasteiger partial charge in [-0.2, -0.15) is 5.10 Å². The molecule has 0 radical (unpaired) electrons. The fourth-order valence-corrected chi connectivity index (χ4v) is 4.31. The Hall–Kier alpha value is -1.68. The van der Waals surface area contributed by atoms with Crippen LogP contribution in [0, 0.1) is 5.82 Å². The molecular formula is C19H24FN3. The third kappa shape index (κ3) is 3.05. The Labute approximate surface area is 136 Å². The molecule has 2 aromatic rings. The van der Waals surface area contributed by atoms with Gasteiger partial charge in [0.1, 0.15) is 5.82 Å². The number of likely N-dealkylation sites (tertiary alicyclic amines) is 1. The summed E-state index contributed by atoms with van der Waals surface area (Å²) in [6.45, 7) is 2.36. The van der Waals surface area contributed by atoms with Gasteiger partial charge in [0.05, 0.1) is 6.20 Å². The summed E-state index contributed by atoms with van der Waals surface area (Å²) in [5.74, 6) is 0.316. The van der Waals surface area contributed by atoms with Crippen molar-refractivity contribution in [1.29, 1.82) is 0 Å². The van der Waals surface area contributed by atoms with Crippen molar-refractivity contribution in [3.8, 4) is 11.1 Å². The lowest BCUT2D eigenvalue weighted by Crippen LogP contribution is -2.40. The zero-order valence-electron chi connectivity index (χ0n) is 13.5. The molecular weight excluding hydrogens is 289 g/mol. The maximum absolute atomic E-state index is 13.2. The van der Waals surface area contributed by atoms with Crippen LogP contribution in [-0.4, -0.2) is 34.2 Å². The molecule has 4 rings (SSSR count). The predicted octanol–water partition coefficient (Wildman–Crippen LogP) is 4.34. The monoisotopic (exact) mass is 313 g/mol. The van der Waals surface area contributed by atoms with Crippen molar-refractivity contribution in [2.45, 2.75) is 50.5 Å². The molecule has 2 aliphatic rings. The van der Waals surface area contributed by atoms with Crippen molar-refractivity contribution in [2.24, 2.45) is 0 Å². The molecule has 122 valence electrons. The fourth-order valence-electron chi connectivity index (χ4n) is 4.31. The van der Waals surface area contributed by atoms with Crippen LogP contribution in [0.4, 0.5) is 4.39 Å². The third-order valence-corrected chi connectivity index (χ3v) is 5.53. The number of halogens is 1. The van der Waals surface area contributed by atoms with E-state index in [0.717, 1.165) is 23.7 Å². The second-order valence-electron chi connectivity index (χ2n) is 6.98. The van der Waals surface area contributed by atoms with Crippen LogP contribution < -0.4 is 0 Å². The summed E-state index contributed by atoms with van der Waals surface area (Å²) in [5, 5.41) is 7.51. The molecule has 23 heavy (non-hydrogen) atoms. The summed E-state index contributed by atoms with van der Waals surface area (Å²) in [6.07, 6.45) is 9.84. The van der Waals surface area contributed by atoms with Crippen LogP contribution >= 0.6 is 0 Å². The number of rotatable bonds is 3. The minimum Gasteiger partial charge on any atom is -0.300 e. The lowest BCUT2D eigenvalue weighted by Gasteiger charge is -2.36. The molecule has 0 amide bonds. The summed E-state index contributed by atoms with van der Waals surface area (Å²) < 4.78 is 13.2. The Kier molecular flexibility index (Phi) is 4.17. The minimum absolute atomic E-state index is 0.191. The van der Waals surface area contributed by atoms with E-state index in [1.54, 1.807) is 0 Å². The average molecular weight is 313 g/mol. The number of aromatic nitrogens is 2. The standard InChI is InChI=1S/C19H24FN3/c20-16-9-7-14(8-10-16)18-12-21-22-19(18)15-4-3-11-23(13-15)17-5-1-2-6-17/h7-10,12,15,17H,1-6,11,13H2,(H,21,22)/t15-/m1/s1. The fraction of sp³-hybridized carbons (Fsp3) is 0.526. The summed E-state index contributed by atoms with van der Waals surface area (Å²) in [7, 11) is 0. The van der Waals surface area contributed by atoms with Crippen molar-refractivity contribution >= 4 is 0 Å². The molecule has 0 spiro atoms. The van der Waals surface area contributed by atoms with E-state index < -0.39 is 0 Å². The first-order valence-corrected chi connectivity index (χ1v) is 8.84. The zero-order valence-corrected chi connectivity index (χ0v) is 13.5. The first-order valence-electron chi connectivity index (χ1n) is 8.84. The molecule has 2 heterocycles. The van der Waals surface area contributed by atoms with Gasteiger partial charge in [0.2, 0.25) is 0 Å². The van der Waals surface area contributed by atoms with Gasteiger partial charge in [0.25, 0.3) is 0 Å². The Bertz CT molecular complexity index is 643. The third-order valence-electron chi connectivity index (χ3n) is 5.53. The van der Waals surface area contributed by atoms with Gasteiger partial charge < -0.3 is 0 Å². The Morgan fingerprint density at radius 2 is 1.83 bits per heavy atom. The number of benzene rings is 1. The highest BCUT2D eigenvalue weighted by atomic mass is 19.1. The molecule has 0 unspecified atom stereocenters. The first-order chi connectivity index (χ1) is 11.3. The van der Waals surface area contributed by atoms with Gasteiger partial charge in [-0.05, 0) is 49.9 Å². The highest BCUT2D eigenvalue weighted by molar-refractivity contribution is 5.65. The molecule has 1 aliphatic carbocycles. The van der Waals surface area contributed by atoms with E-state index in [1.807, 2.05) is 18.3 Å². The average Bonchev–Trinajstić information content (AvgIpc) is 3.27. The molecule has 2 fully saturated rings. The number of hydrogen-bond acceptors (Lipinski definition) is 2. The van der Waals surface area contributed by atoms with E-state index in [-0.39, 0.29) is 5.82 Å². The topological polar surface area (TPSA) is 31.9 Å². The maximum Gasteiger partial charge on any atom is 0.123 e. The largest absolute Gasteiger partial charge is 0.300 e. The van der Waals surface area contributed by atoms with Crippen LogP contribution in [0.15, 0.2) is 30.5 Å². The van der Waals surface area contributed by atoms with E-state index in [1.165, 1.54) is 62.9 Å². The summed E-state index contributed by atoms with van der Waals surface area (Å²) in [6, 6.07) is 7.54. The molecule has 1 saturated heterocycles. The number of H-pyrrole nitrogens is 1. The van der Waals surface area contributed by atoms with Crippen molar-refractivity contribution in [3.63, 3.8) is 0 Å². The minimum atomic E-state index is -0.191. The van der Waals surface area contributed by atoms with E-state index in [2.05, 4.69) is 15.1 Å². The van der Waals surface area contributed by atoms with Crippen LogP contribution in [0.25, 0.3) is 11.1 Å². The van der Waals surface area contributed by atoms with Gasteiger partial charge >= 0.3 is 0 Å². The van der Waals surface area contributed by atoms with Crippen LogP contribution in [-0.2, 0) is 0 Å². The Balaban J connectivity index is 1.56. The molecule has 1 aromatic heterocycles. The summed E-state index contributed by atoms with van der Waals surface area (Å²) >= 11 is 0. The van der Waals surface area contributed by atoms with E-state index in [9.17, 15) is 4.39 Å².